The number of hydrogen-bond acceptors (Lipinski definition) is 5. The Bertz CT molecular complexity index is 3930. The van der Waals surface area contributed by atoms with Crippen molar-refractivity contribution < 1.29 is 9.47 Å². The fourth-order valence-corrected chi connectivity index (χ4v) is 14.5. The molecule has 8 aromatic carbocycles. The lowest BCUT2D eigenvalue weighted by Crippen LogP contribution is -2.61. The van der Waals surface area contributed by atoms with Crippen molar-refractivity contribution >= 4 is 74.3 Å². The quantitative estimate of drug-likeness (QED) is 0.160. The van der Waals surface area contributed by atoms with Crippen molar-refractivity contribution in [2.45, 2.75) is 123 Å². The Morgan fingerprint density at radius 2 is 1.01 bits per heavy atom. The van der Waals surface area contributed by atoms with E-state index in [9.17, 15) is 0 Å². The molecular weight excluding hydrogens is 974 g/mol. The van der Waals surface area contributed by atoms with Crippen molar-refractivity contribution in [2.75, 3.05) is 27.9 Å². The Hall–Kier alpha value is -7.70. The van der Waals surface area contributed by atoms with E-state index in [-0.39, 0.29) is 33.8 Å². The molecular formula is C74H74BN3O2. The minimum absolute atomic E-state index is 0.0110. The van der Waals surface area contributed by atoms with E-state index in [4.69, 9.17) is 9.47 Å². The number of benzene rings is 8. The molecule has 0 aromatic heterocycles. The van der Waals surface area contributed by atoms with E-state index in [0.717, 1.165) is 57.0 Å². The molecule has 3 heterocycles. The summed E-state index contributed by atoms with van der Waals surface area (Å²) in [4.78, 5) is 7.69. The number of anilines is 9. The van der Waals surface area contributed by atoms with Gasteiger partial charge in [-0.15, -0.1) is 0 Å². The second kappa shape index (κ2) is 17.4. The Morgan fingerprint density at radius 3 is 1.65 bits per heavy atom. The van der Waals surface area contributed by atoms with Gasteiger partial charge in [-0.05, 0) is 167 Å². The minimum atomic E-state index is -0.201. The van der Waals surface area contributed by atoms with Crippen molar-refractivity contribution in [3.8, 4) is 22.6 Å². The monoisotopic (exact) mass is 1050 g/mol. The van der Waals surface area contributed by atoms with Crippen LogP contribution in [0.5, 0.6) is 11.5 Å². The van der Waals surface area contributed by atoms with Gasteiger partial charge in [0.2, 0.25) is 0 Å². The van der Waals surface area contributed by atoms with Gasteiger partial charge in [0.05, 0.1) is 5.69 Å². The molecule has 0 bridgehead atoms. The lowest BCUT2D eigenvalue weighted by atomic mass is 9.33. The van der Waals surface area contributed by atoms with Gasteiger partial charge in [-0.3, -0.25) is 0 Å². The Balaban J connectivity index is 1.10. The highest BCUT2D eigenvalue weighted by molar-refractivity contribution is 7.00. The number of hydrogen-bond donors (Lipinski definition) is 0. The molecule has 2 atom stereocenters. The summed E-state index contributed by atoms with van der Waals surface area (Å²) in [6, 6.07) is 59.2. The maximum Gasteiger partial charge on any atom is 0.252 e. The van der Waals surface area contributed by atoms with E-state index < -0.39 is 0 Å². The standard InChI is InChI=1S/C74H74BN3O2/c1-70(2,3)45-22-27-48(28-23-45)77-63-35-26-47(72(7,8)9)38-61(63)75-62-43-67-68(80-37-36-79-67)44-64(62)78(49-29-24-46(25-30-49)71(4,5)6)66-42-52(41-65(77)69(66)75)76(50-31-33-55-53-18-14-16-20-57(53)73(10,11)59(55)39-50)51-32-34-56-54-19-15-17-21-58(54)74(12,13)60(56)40-51/h14-35,38-44,53,57H,36-37H2,1-13H3. The minimum Gasteiger partial charge on any atom is -0.486 e. The first-order valence-corrected chi connectivity index (χ1v) is 29.2. The predicted molar refractivity (Wildman–Crippen MR) is 337 cm³/mol. The predicted octanol–water partition coefficient (Wildman–Crippen LogP) is 17.3. The van der Waals surface area contributed by atoms with E-state index in [2.05, 4.69) is 281 Å². The van der Waals surface area contributed by atoms with Crippen LogP contribution in [0.4, 0.5) is 51.2 Å². The topological polar surface area (TPSA) is 28.2 Å². The van der Waals surface area contributed by atoms with Gasteiger partial charge in [-0.1, -0.05) is 187 Å². The molecule has 0 spiro atoms. The first kappa shape index (κ1) is 50.5. The molecule has 0 fully saturated rings. The van der Waals surface area contributed by atoms with Crippen molar-refractivity contribution in [3.63, 3.8) is 0 Å². The van der Waals surface area contributed by atoms with Crippen molar-refractivity contribution in [3.05, 3.63) is 215 Å². The molecule has 80 heavy (non-hydrogen) atoms. The Labute approximate surface area is 475 Å². The van der Waals surface area contributed by atoms with Crippen LogP contribution in [-0.4, -0.2) is 19.9 Å². The van der Waals surface area contributed by atoms with Gasteiger partial charge < -0.3 is 24.2 Å². The molecule has 8 aromatic rings. The summed E-state index contributed by atoms with van der Waals surface area (Å²) in [6.07, 6.45) is 9.34. The summed E-state index contributed by atoms with van der Waals surface area (Å²) >= 11 is 0. The van der Waals surface area contributed by atoms with E-state index in [1.807, 2.05) is 0 Å². The summed E-state index contributed by atoms with van der Waals surface area (Å²) < 4.78 is 13.1. The van der Waals surface area contributed by atoms with Crippen LogP contribution in [0.1, 0.15) is 135 Å². The van der Waals surface area contributed by atoms with Gasteiger partial charge >= 0.3 is 0 Å². The zero-order valence-corrected chi connectivity index (χ0v) is 49.0. The highest BCUT2D eigenvalue weighted by Gasteiger charge is 2.48. The summed E-state index contributed by atoms with van der Waals surface area (Å²) in [5.74, 6) is 2.30. The fraction of sp³-hybridized carbons (Fsp3) is 0.297. The lowest BCUT2D eigenvalue weighted by Gasteiger charge is -2.45. The van der Waals surface area contributed by atoms with E-state index in [0.29, 0.717) is 25.0 Å². The molecule has 3 aliphatic heterocycles. The van der Waals surface area contributed by atoms with Crippen LogP contribution in [0.3, 0.4) is 0 Å². The second-order valence-corrected chi connectivity index (χ2v) is 27.7. The van der Waals surface area contributed by atoms with Crippen LogP contribution in [-0.2, 0) is 27.1 Å². The van der Waals surface area contributed by atoms with E-state index in [1.165, 1.54) is 72.1 Å². The first-order valence-electron chi connectivity index (χ1n) is 29.2. The molecule has 3 aliphatic carbocycles. The number of rotatable bonds is 5. The average molecular weight is 1050 g/mol. The molecule has 0 radical (unpaired) electrons. The molecule has 2 unspecified atom stereocenters. The Kier molecular flexibility index (Phi) is 11.0. The van der Waals surface area contributed by atoms with Crippen LogP contribution >= 0.6 is 0 Å². The maximum absolute atomic E-state index is 6.54. The molecule has 5 nitrogen and oxygen atoms in total. The van der Waals surface area contributed by atoms with Gasteiger partial charge in [0, 0.05) is 62.9 Å². The number of fused-ring (bicyclic) bond motifs is 11. The van der Waals surface area contributed by atoms with Crippen LogP contribution < -0.4 is 40.6 Å². The van der Waals surface area contributed by atoms with Gasteiger partial charge in [0.25, 0.3) is 6.71 Å². The van der Waals surface area contributed by atoms with E-state index >= 15 is 0 Å². The van der Waals surface area contributed by atoms with Gasteiger partial charge in [-0.2, -0.15) is 0 Å². The van der Waals surface area contributed by atoms with Crippen LogP contribution in [0, 0.1) is 5.92 Å². The number of nitrogens with zero attached hydrogens (tertiary/aromatic N) is 3. The molecule has 400 valence electrons. The van der Waals surface area contributed by atoms with Gasteiger partial charge in [-0.25, -0.2) is 0 Å². The van der Waals surface area contributed by atoms with Crippen LogP contribution in [0.15, 0.2) is 176 Å². The normalized spacial score (nSPS) is 18.4. The van der Waals surface area contributed by atoms with Gasteiger partial charge in [0.15, 0.2) is 11.5 Å². The molecule has 14 rings (SSSR count). The molecule has 0 saturated heterocycles. The highest BCUT2D eigenvalue weighted by Crippen LogP contribution is 2.57. The largest absolute Gasteiger partial charge is 0.486 e. The number of allylic oxidation sites excluding steroid dienone is 4. The molecule has 0 N–H and O–H groups in total. The second-order valence-electron chi connectivity index (χ2n) is 27.7. The fourth-order valence-electron chi connectivity index (χ4n) is 14.5. The first-order chi connectivity index (χ1) is 38.1. The maximum atomic E-state index is 6.54. The molecule has 6 aliphatic rings. The van der Waals surface area contributed by atoms with Crippen molar-refractivity contribution in [2.24, 2.45) is 5.92 Å². The average Bonchev–Trinajstić information content (AvgIpc) is 3.97. The summed E-state index contributed by atoms with van der Waals surface area (Å²) in [5, 5.41) is 0. The molecule has 0 amide bonds. The van der Waals surface area contributed by atoms with Crippen LogP contribution in [0.25, 0.3) is 11.1 Å². The zero-order chi connectivity index (χ0) is 55.6. The summed E-state index contributed by atoms with van der Waals surface area (Å²) in [6.45, 7) is 31.4. The lowest BCUT2D eigenvalue weighted by molar-refractivity contribution is 0.172. The highest BCUT2D eigenvalue weighted by atomic mass is 16.6. The SMILES string of the molecule is CC(C)(C)c1ccc(N2c3ccc(C(C)(C)C)cc3B3c4cc5c(cc4N(c4ccc(C(C)(C)C)cc4)c4cc(N(c6ccc7c(c6)C(C)(C)c6ccccc6-7)c6ccc7c(c6)C(C)(C)C6C=CC=CC76)cc2c43)OCCO5)cc1. The summed E-state index contributed by atoms with van der Waals surface area (Å²) in [5.41, 5.74) is 25.6. The molecule has 6 heteroatoms. The number of ether oxygens (including phenoxy) is 2. The third-order valence-corrected chi connectivity index (χ3v) is 19.0. The van der Waals surface area contributed by atoms with Gasteiger partial charge in [0.1, 0.15) is 13.2 Å². The van der Waals surface area contributed by atoms with Crippen molar-refractivity contribution in [1.29, 1.82) is 0 Å². The molecule has 0 saturated carbocycles. The summed E-state index contributed by atoms with van der Waals surface area (Å²) in [7, 11) is 0. The van der Waals surface area contributed by atoms with E-state index in [1.54, 1.807) is 0 Å². The third-order valence-electron chi connectivity index (χ3n) is 19.0. The van der Waals surface area contributed by atoms with Crippen LogP contribution in [0.2, 0.25) is 0 Å². The third kappa shape index (κ3) is 7.64. The smallest absolute Gasteiger partial charge is 0.252 e. The Morgan fingerprint density at radius 1 is 0.475 bits per heavy atom. The zero-order valence-electron chi connectivity index (χ0n) is 49.0. The van der Waals surface area contributed by atoms with Crippen molar-refractivity contribution in [1.82, 2.24) is 0 Å².